The third-order valence-corrected chi connectivity index (χ3v) is 8.62. The SMILES string of the molecule is C=COCCOC(=O)COc1ccc([SH+]2=C3C=CC=CC3C(=O)c3cc(OCC(=O)OCCOC=C)ccc32)cc1. The molecule has 1 aliphatic carbocycles. The fourth-order valence-corrected chi connectivity index (χ4v) is 6.85. The van der Waals surface area contributed by atoms with Gasteiger partial charge in [0, 0.05) is 0 Å². The number of fused-ring (bicyclic) bond motifs is 2. The molecule has 1 aliphatic heterocycles. The summed E-state index contributed by atoms with van der Waals surface area (Å²) in [5.41, 5.74) is 0.554. The van der Waals surface area contributed by atoms with Crippen LogP contribution in [-0.4, -0.2) is 62.2 Å². The Bertz CT molecular complexity index is 1390. The van der Waals surface area contributed by atoms with E-state index in [4.69, 9.17) is 28.4 Å². The molecule has 2 aliphatic rings. The molecule has 1 heterocycles. The van der Waals surface area contributed by atoms with E-state index < -0.39 is 22.4 Å². The minimum absolute atomic E-state index is 0.0269. The van der Waals surface area contributed by atoms with Crippen LogP contribution in [0.4, 0.5) is 0 Å². The molecule has 0 radical (unpaired) electrons. The van der Waals surface area contributed by atoms with Crippen LogP contribution >= 0.6 is 0 Å². The van der Waals surface area contributed by atoms with Crippen LogP contribution in [-0.2, 0) is 39.0 Å². The van der Waals surface area contributed by atoms with Crippen molar-refractivity contribution in [3.05, 3.63) is 98.0 Å². The Morgan fingerprint density at radius 3 is 2.05 bits per heavy atom. The first kappa shape index (κ1) is 29.4. The zero-order chi connectivity index (χ0) is 29.0. The van der Waals surface area contributed by atoms with E-state index in [2.05, 4.69) is 13.2 Å². The second kappa shape index (κ2) is 14.7. The van der Waals surface area contributed by atoms with E-state index in [-0.39, 0.29) is 51.3 Å². The quantitative estimate of drug-likeness (QED) is 0.0779. The first-order valence-electron chi connectivity index (χ1n) is 12.8. The number of Topliss-reactive ketones (excluding diaryl/α,β-unsaturated/α-hetero) is 1. The number of allylic oxidation sites excluding steroid dienone is 4. The lowest BCUT2D eigenvalue weighted by molar-refractivity contribution is -0.147. The van der Waals surface area contributed by atoms with Gasteiger partial charge in [-0.2, -0.15) is 0 Å². The standard InChI is InChI=1S/C31H30O9S/c1-3-35-15-17-37-29(32)20-39-22-9-12-24(13-10-22)41-27-8-6-5-7-25(27)31(34)26-19-23(11-14-28(26)41)40-21-30(33)38-18-16-36-4-2/h3-14,19,25H,1-2,15-18,20-21H2/p+1. The van der Waals surface area contributed by atoms with E-state index in [1.807, 2.05) is 42.5 Å². The van der Waals surface area contributed by atoms with Gasteiger partial charge >= 0.3 is 11.9 Å². The second-order valence-electron chi connectivity index (χ2n) is 8.61. The van der Waals surface area contributed by atoms with E-state index in [9.17, 15) is 14.4 Å². The lowest BCUT2D eigenvalue weighted by Gasteiger charge is -2.24. The highest BCUT2D eigenvalue weighted by atomic mass is 32.2. The average Bonchev–Trinajstić information content (AvgIpc) is 3.00. The molecular weight excluding hydrogens is 548 g/mol. The predicted octanol–water partition coefficient (Wildman–Crippen LogP) is 3.73. The molecule has 0 saturated heterocycles. The van der Waals surface area contributed by atoms with Gasteiger partial charge in [0.1, 0.15) is 58.5 Å². The van der Waals surface area contributed by atoms with Gasteiger partial charge in [-0.1, -0.05) is 41.9 Å². The minimum Gasteiger partial charge on any atom is -0.498 e. The van der Waals surface area contributed by atoms with E-state index >= 15 is 0 Å². The number of rotatable bonds is 15. The molecule has 0 amide bonds. The Labute approximate surface area is 240 Å². The van der Waals surface area contributed by atoms with E-state index in [1.54, 1.807) is 24.3 Å². The number of carbonyl (C=O) groups is 3. The maximum absolute atomic E-state index is 13.5. The van der Waals surface area contributed by atoms with E-state index in [0.29, 0.717) is 17.1 Å². The molecule has 0 spiro atoms. The summed E-state index contributed by atoms with van der Waals surface area (Å²) >= 11 is 0. The van der Waals surface area contributed by atoms with Gasteiger partial charge in [0.25, 0.3) is 0 Å². The van der Waals surface area contributed by atoms with Crippen molar-refractivity contribution in [3.8, 4) is 11.5 Å². The van der Waals surface area contributed by atoms with Crippen LogP contribution in [0.1, 0.15) is 10.4 Å². The first-order chi connectivity index (χ1) is 20.0. The van der Waals surface area contributed by atoms with Gasteiger partial charge in [-0.05, 0) is 48.5 Å². The molecule has 0 saturated carbocycles. The molecule has 2 aromatic carbocycles. The molecule has 0 bridgehead atoms. The Morgan fingerprint density at radius 1 is 0.805 bits per heavy atom. The maximum atomic E-state index is 13.5. The fourth-order valence-electron chi connectivity index (χ4n) is 4.19. The van der Waals surface area contributed by atoms with Crippen LogP contribution in [0.25, 0.3) is 0 Å². The average molecular weight is 580 g/mol. The van der Waals surface area contributed by atoms with Gasteiger partial charge < -0.3 is 28.4 Å². The number of ketones is 1. The van der Waals surface area contributed by atoms with Crippen molar-refractivity contribution in [1.82, 2.24) is 0 Å². The normalized spacial score (nSPS) is 16.6. The van der Waals surface area contributed by atoms with Crippen LogP contribution in [0.15, 0.2) is 102 Å². The Hall–Kier alpha value is -4.57. The van der Waals surface area contributed by atoms with Gasteiger partial charge in [0.05, 0.1) is 18.1 Å². The third kappa shape index (κ3) is 7.76. The Balaban J connectivity index is 1.48. The summed E-state index contributed by atoms with van der Waals surface area (Å²) in [6.07, 6.45) is 10.3. The molecule has 4 rings (SSSR count). The fraction of sp³-hybridized carbons (Fsp3) is 0.226. The number of benzene rings is 2. The number of hydrogen-bond donors (Lipinski definition) is 0. The lowest BCUT2D eigenvalue weighted by Crippen LogP contribution is -2.31. The Morgan fingerprint density at radius 2 is 1.41 bits per heavy atom. The van der Waals surface area contributed by atoms with Crippen molar-refractivity contribution in [2.45, 2.75) is 9.79 Å². The largest absolute Gasteiger partial charge is 0.498 e. The van der Waals surface area contributed by atoms with Crippen LogP contribution < -0.4 is 9.47 Å². The van der Waals surface area contributed by atoms with Crippen molar-refractivity contribution in [2.75, 3.05) is 39.6 Å². The van der Waals surface area contributed by atoms with Crippen molar-refractivity contribution in [3.63, 3.8) is 0 Å². The summed E-state index contributed by atoms with van der Waals surface area (Å²) in [6.45, 7) is 6.96. The lowest BCUT2D eigenvalue weighted by atomic mass is 9.91. The smallest absolute Gasteiger partial charge is 0.344 e. The van der Waals surface area contributed by atoms with Crippen molar-refractivity contribution < 1.29 is 42.8 Å². The number of ether oxygens (including phenoxy) is 6. The molecule has 41 heavy (non-hydrogen) atoms. The van der Waals surface area contributed by atoms with Crippen LogP contribution in [0.3, 0.4) is 0 Å². The summed E-state index contributed by atoms with van der Waals surface area (Å²) in [5.74, 6) is -0.547. The highest BCUT2D eigenvalue weighted by Gasteiger charge is 2.38. The number of thiol groups is 1. The zero-order valence-electron chi connectivity index (χ0n) is 22.4. The molecular formula is C31H31O9S+. The van der Waals surface area contributed by atoms with Crippen molar-refractivity contribution >= 4 is 33.1 Å². The molecule has 2 unspecified atom stereocenters. The molecule has 2 atom stereocenters. The zero-order valence-corrected chi connectivity index (χ0v) is 23.3. The minimum atomic E-state index is -1.04. The highest BCUT2D eigenvalue weighted by molar-refractivity contribution is 7.97. The third-order valence-electron chi connectivity index (χ3n) is 5.99. The summed E-state index contributed by atoms with van der Waals surface area (Å²) in [6, 6.07) is 12.8. The van der Waals surface area contributed by atoms with Crippen molar-refractivity contribution in [2.24, 2.45) is 5.92 Å². The van der Waals surface area contributed by atoms with Crippen LogP contribution in [0.5, 0.6) is 11.5 Å². The monoisotopic (exact) mass is 579 g/mol. The summed E-state index contributed by atoms with van der Waals surface area (Å²) in [7, 11) is -1.04. The maximum Gasteiger partial charge on any atom is 0.344 e. The van der Waals surface area contributed by atoms with Gasteiger partial charge in [0.2, 0.25) is 0 Å². The van der Waals surface area contributed by atoms with E-state index in [0.717, 1.165) is 14.7 Å². The van der Waals surface area contributed by atoms with Gasteiger partial charge in [-0.15, -0.1) is 0 Å². The van der Waals surface area contributed by atoms with Crippen molar-refractivity contribution in [1.29, 1.82) is 0 Å². The molecule has 0 N–H and O–H groups in total. The van der Waals surface area contributed by atoms with Crippen LogP contribution in [0, 0.1) is 5.92 Å². The molecule has 0 aromatic heterocycles. The Kier molecular flexibility index (Phi) is 10.6. The van der Waals surface area contributed by atoms with E-state index in [1.165, 1.54) is 12.5 Å². The highest BCUT2D eigenvalue weighted by Crippen LogP contribution is 2.35. The number of carbonyl (C=O) groups excluding carboxylic acids is 3. The molecule has 10 heteroatoms. The van der Waals surface area contributed by atoms with Gasteiger partial charge in [0.15, 0.2) is 19.0 Å². The molecule has 214 valence electrons. The molecule has 9 nitrogen and oxygen atoms in total. The number of esters is 2. The van der Waals surface area contributed by atoms with Gasteiger partial charge in [-0.3, -0.25) is 4.79 Å². The molecule has 0 fully saturated rings. The number of hydrogen-bond acceptors (Lipinski definition) is 9. The summed E-state index contributed by atoms with van der Waals surface area (Å²) in [5, 5.41) is 0. The topological polar surface area (TPSA) is 107 Å². The predicted molar refractivity (Wildman–Crippen MR) is 154 cm³/mol. The molecule has 2 aromatic rings. The second-order valence-corrected chi connectivity index (χ2v) is 10.8. The summed E-state index contributed by atoms with van der Waals surface area (Å²) < 4.78 is 31.1. The van der Waals surface area contributed by atoms with Gasteiger partial charge in [-0.25, -0.2) is 9.59 Å². The first-order valence-corrected chi connectivity index (χ1v) is 14.2. The summed E-state index contributed by atoms with van der Waals surface area (Å²) in [4.78, 5) is 40.3. The van der Waals surface area contributed by atoms with Crippen LogP contribution in [0.2, 0.25) is 0 Å².